The van der Waals surface area contributed by atoms with Gasteiger partial charge in [-0.2, -0.15) is 0 Å². The van der Waals surface area contributed by atoms with Crippen LogP contribution in [0.2, 0.25) is 0 Å². The van der Waals surface area contributed by atoms with Crippen molar-refractivity contribution in [3.05, 3.63) is 83.2 Å². The molecule has 9 heteroatoms. The molecule has 3 rings (SSSR count). The van der Waals surface area contributed by atoms with E-state index < -0.39 is 10.0 Å². The van der Waals surface area contributed by atoms with Gasteiger partial charge in [0.1, 0.15) is 0 Å². The molecule has 1 heterocycles. The second-order valence-corrected chi connectivity index (χ2v) is 8.18. The smallest absolute Gasteiger partial charge is 0.273 e. The molecule has 2 aromatic carbocycles. The van der Waals surface area contributed by atoms with Gasteiger partial charge in [0.15, 0.2) is 5.69 Å². The van der Waals surface area contributed by atoms with Crippen molar-refractivity contribution in [1.29, 1.82) is 0 Å². The van der Waals surface area contributed by atoms with Crippen LogP contribution >= 0.6 is 0 Å². The molecule has 0 unspecified atom stereocenters. The summed E-state index contributed by atoms with van der Waals surface area (Å²) in [6, 6.07) is 16.8. The van der Waals surface area contributed by atoms with Crippen LogP contribution in [0.1, 0.15) is 27.2 Å². The summed E-state index contributed by atoms with van der Waals surface area (Å²) in [5, 5.41) is 10.7. The lowest BCUT2D eigenvalue weighted by atomic mass is 10.1. The van der Waals surface area contributed by atoms with Gasteiger partial charge in [-0.25, -0.2) is 17.8 Å². The Morgan fingerprint density at radius 3 is 2.36 bits per heavy atom. The zero-order valence-corrected chi connectivity index (χ0v) is 16.2. The van der Waals surface area contributed by atoms with Gasteiger partial charge in [0, 0.05) is 6.54 Å². The summed E-state index contributed by atoms with van der Waals surface area (Å²) in [5.74, 6) is -0.401. The molecule has 0 aliphatic carbocycles. The Balaban J connectivity index is 1.54. The summed E-state index contributed by atoms with van der Waals surface area (Å²) in [4.78, 5) is 12.3. The minimum Gasteiger partial charge on any atom is -0.347 e. The molecule has 0 aliphatic heterocycles. The van der Waals surface area contributed by atoms with Crippen molar-refractivity contribution in [1.82, 2.24) is 25.0 Å². The summed E-state index contributed by atoms with van der Waals surface area (Å²) in [6.45, 7) is 0.849. The van der Waals surface area contributed by atoms with Crippen LogP contribution in [0.3, 0.4) is 0 Å². The number of carbonyl (C=O) groups is 1. The Morgan fingerprint density at radius 1 is 1.00 bits per heavy atom. The SMILES string of the molecule is CNS(=O)(=O)Cc1ccc(CNC(=O)c2cn(Cc3ccccc3)nn2)cc1. The Hall–Kier alpha value is -3.04. The van der Waals surface area contributed by atoms with Gasteiger partial charge >= 0.3 is 0 Å². The monoisotopic (exact) mass is 399 g/mol. The van der Waals surface area contributed by atoms with Crippen LogP contribution in [-0.4, -0.2) is 36.4 Å². The lowest BCUT2D eigenvalue weighted by Gasteiger charge is -2.06. The van der Waals surface area contributed by atoms with Crippen molar-refractivity contribution < 1.29 is 13.2 Å². The number of amides is 1. The first kappa shape index (κ1) is 19.7. The van der Waals surface area contributed by atoms with Crippen LogP contribution in [0.4, 0.5) is 0 Å². The molecule has 0 spiro atoms. The van der Waals surface area contributed by atoms with E-state index in [1.165, 1.54) is 7.05 Å². The molecule has 1 aromatic heterocycles. The average molecular weight is 399 g/mol. The second kappa shape index (κ2) is 8.77. The van der Waals surface area contributed by atoms with E-state index in [9.17, 15) is 13.2 Å². The number of hydrogen-bond acceptors (Lipinski definition) is 5. The summed E-state index contributed by atoms with van der Waals surface area (Å²) in [5.41, 5.74) is 2.84. The minimum atomic E-state index is -3.30. The molecule has 0 saturated carbocycles. The van der Waals surface area contributed by atoms with Gasteiger partial charge in [0.25, 0.3) is 5.91 Å². The topological polar surface area (TPSA) is 106 Å². The fraction of sp³-hybridized carbons (Fsp3) is 0.211. The van der Waals surface area contributed by atoms with E-state index >= 15 is 0 Å². The van der Waals surface area contributed by atoms with E-state index in [4.69, 9.17) is 0 Å². The summed E-state index contributed by atoms with van der Waals surface area (Å²) >= 11 is 0. The van der Waals surface area contributed by atoms with E-state index in [1.807, 2.05) is 30.3 Å². The Bertz CT molecular complexity index is 1030. The van der Waals surface area contributed by atoms with E-state index in [0.717, 1.165) is 11.1 Å². The van der Waals surface area contributed by atoms with Crippen LogP contribution in [0, 0.1) is 0 Å². The van der Waals surface area contributed by atoms with Crippen molar-refractivity contribution in [3.63, 3.8) is 0 Å². The predicted molar refractivity (Wildman–Crippen MR) is 105 cm³/mol. The molecule has 0 saturated heterocycles. The molecule has 0 atom stereocenters. The van der Waals surface area contributed by atoms with Gasteiger partial charge in [0.2, 0.25) is 10.0 Å². The summed E-state index contributed by atoms with van der Waals surface area (Å²) in [6.07, 6.45) is 1.61. The summed E-state index contributed by atoms with van der Waals surface area (Å²) < 4.78 is 27.0. The Morgan fingerprint density at radius 2 is 1.68 bits per heavy atom. The van der Waals surface area contributed by atoms with Crippen molar-refractivity contribution in [2.45, 2.75) is 18.8 Å². The van der Waals surface area contributed by atoms with E-state index in [-0.39, 0.29) is 17.4 Å². The van der Waals surface area contributed by atoms with Crippen molar-refractivity contribution in [2.75, 3.05) is 7.05 Å². The van der Waals surface area contributed by atoms with Gasteiger partial charge in [-0.15, -0.1) is 5.10 Å². The second-order valence-electron chi connectivity index (χ2n) is 6.25. The molecule has 8 nitrogen and oxygen atoms in total. The molecular weight excluding hydrogens is 378 g/mol. The van der Waals surface area contributed by atoms with Gasteiger partial charge < -0.3 is 5.32 Å². The highest BCUT2D eigenvalue weighted by Gasteiger charge is 2.11. The number of sulfonamides is 1. The maximum atomic E-state index is 12.3. The third-order valence-corrected chi connectivity index (χ3v) is 5.44. The number of benzene rings is 2. The first-order valence-corrected chi connectivity index (χ1v) is 10.3. The molecule has 0 aliphatic rings. The van der Waals surface area contributed by atoms with Crippen molar-refractivity contribution in [3.8, 4) is 0 Å². The Kier molecular flexibility index (Phi) is 6.17. The van der Waals surface area contributed by atoms with Gasteiger partial charge in [-0.3, -0.25) is 4.79 Å². The highest BCUT2D eigenvalue weighted by Crippen LogP contribution is 2.08. The van der Waals surface area contributed by atoms with Crippen LogP contribution in [0.5, 0.6) is 0 Å². The Labute approximate surface area is 163 Å². The lowest BCUT2D eigenvalue weighted by Crippen LogP contribution is -2.23. The molecule has 0 bridgehead atoms. The molecule has 28 heavy (non-hydrogen) atoms. The van der Waals surface area contributed by atoms with Gasteiger partial charge in [-0.1, -0.05) is 59.8 Å². The number of nitrogens with zero attached hydrogens (tertiary/aromatic N) is 3. The predicted octanol–water partition coefficient (Wildman–Crippen LogP) is 1.31. The molecule has 2 N–H and O–H groups in total. The third kappa shape index (κ3) is 5.48. The first-order chi connectivity index (χ1) is 13.4. The molecule has 1 amide bonds. The van der Waals surface area contributed by atoms with Crippen LogP contribution in [0.15, 0.2) is 60.8 Å². The van der Waals surface area contributed by atoms with E-state index in [2.05, 4.69) is 20.4 Å². The highest BCUT2D eigenvalue weighted by atomic mass is 32.2. The third-order valence-electron chi connectivity index (χ3n) is 4.10. The highest BCUT2D eigenvalue weighted by molar-refractivity contribution is 7.88. The number of carbonyl (C=O) groups excluding carboxylic acids is 1. The maximum Gasteiger partial charge on any atom is 0.273 e. The molecule has 146 valence electrons. The van der Waals surface area contributed by atoms with Gasteiger partial charge in [-0.05, 0) is 23.7 Å². The minimum absolute atomic E-state index is 0.0827. The van der Waals surface area contributed by atoms with E-state index in [0.29, 0.717) is 18.7 Å². The lowest BCUT2D eigenvalue weighted by molar-refractivity contribution is 0.0946. The first-order valence-electron chi connectivity index (χ1n) is 8.66. The fourth-order valence-electron chi connectivity index (χ4n) is 2.57. The summed E-state index contributed by atoms with van der Waals surface area (Å²) in [7, 11) is -1.92. The van der Waals surface area contributed by atoms with Crippen molar-refractivity contribution >= 4 is 15.9 Å². The molecular formula is C19H21N5O3S. The zero-order chi connectivity index (χ0) is 20.0. The van der Waals surface area contributed by atoms with Crippen LogP contribution in [0.25, 0.3) is 0 Å². The normalized spacial score (nSPS) is 11.3. The van der Waals surface area contributed by atoms with Crippen LogP contribution in [-0.2, 0) is 28.9 Å². The van der Waals surface area contributed by atoms with Crippen molar-refractivity contribution in [2.24, 2.45) is 0 Å². The molecule has 3 aromatic rings. The largest absolute Gasteiger partial charge is 0.347 e. The van der Waals surface area contributed by atoms with E-state index in [1.54, 1.807) is 35.1 Å². The standard InChI is InChI=1S/C19H21N5O3S/c1-20-28(26,27)14-17-9-7-15(8-10-17)11-21-19(25)18-13-24(23-22-18)12-16-5-3-2-4-6-16/h2-10,13,20H,11-12,14H2,1H3,(H,21,25). The maximum absolute atomic E-state index is 12.3. The number of hydrogen-bond donors (Lipinski definition) is 2. The fourth-order valence-corrected chi connectivity index (χ4v) is 3.34. The molecule has 0 fully saturated rings. The van der Waals surface area contributed by atoms with Gasteiger partial charge in [0.05, 0.1) is 18.5 Å². The molecule has 0 radical (unpaired) electrons. The number of rotatable bonds is 8. The quantitative estimate of drug-likeness (QED) is 0.594. The number of nitrogens with one attached hydrogen (secondary N) is 2. The average Bonchev–Trinajstić information content (AvgIpc) is 3.16. The van der Waals surface area contributed by atoms with Crippen LogP contribution < -0.4 is 10.0 Å². The number of aromatic nitrogens is 3. The zero-order valence-electron chi connectivity index (χ0n) is 15.4.